The van der Waals surface area contributed by atoms with Gasteiger partial charge in [-0.2, -0.15) is 15.9 Å². The number of nitrogens with zero attached hydrogens (tertiary/aromatic N) is 5. The molecule has 4 rings (SSSR count). The van der Waals surface area contributed by atoms with Gasteiger partial charge in [-0.1, -0.05) is 0 Å². The van der Waals surface area contributed by atoms with Crippen molar-refractivity contribution in [1.82, 2.24) is 24.7 Å². The molecule has 4 aromatic heterocycles. The van der Waals surface area contributed by atoms with Crippen LogP contribution >= 0.6 is 11.3 Å². The number of fused-ring (bicyclic) bond motifs is 1. The Balaban J connectivity index is 1.58. The molecule has 0 fully saturated rings. The van der Waals surface area contributed by atoms with E-state index in [1.165, 1.54) is 0 Å². The van der Waals surface area contributed by atoms with Gasteiger partial charge >= 0.3 is 0 Å². The van der Waals surface area contributed by atoms with Gasteiger partial charge in [-0.25, -0.2) is 0 Å². The van der Waals surface area contributed by atoms with Crippen molar-refractivity contribution in [2.45, 2.75) is 6.04 Å². The fraction of sp³-hybridized carbons (Fsp3) is 0.235. The molecule has 0 aliphatic heterocycles. The molecule has 0 saturated carbocycles. The number of hydrogen-bond acceptors (Lipinski definition) is 7. The molecule has 0 radical (unpaired) electrons. The summed E-state index contributed by atoms with van der Waals surface area (Å²) in [4.78, 5) is 2.11. The summed E-state index contributed by atoms with van der Waals surface area (Å²) in [7, 11) is 4.06. The topological polar surface area (TPSA) is 71.5 Å². The van der Waals surface area contributed by atoms with E-state index in [4.69, 9.17) is 4.42 Å². The summed E-state index contributed by atoms with van der Waals surface area (Å²) < 4.78 is 7.31. The largest absolute Gasteiger partial charge is 0.468 e. The molecule has 1 unspecified atom stereocenters. The molecule has 0 spiro atoms. The van der Waals surface area contributed by atoms with Crippen LogP contribution in [0.25, 0.3) is 17.0 Å². The molecular weight excluding hydrogens is 336 g/mol. The maximum absolute atomic E-state index is 5.55. The van der Waals surface area contributed by atoms with E-state index in [1.807, 2.05) is 55.2 Å². The SMILES string of the molecule is CN(C)C(CNc1ccc2nnc(-c3ccsc3)n2n1)c1ccco1. The van der Waals surface area contributed by atoms with Gasteiger partial charge < -0.3 is 9.73 Å². The number of aromatic nitrogens is 4. The first-order valence-electron chi connectivity index (χ1n) is 7.91. The number of rotatable bonds is 6. The quantitative estimate of drug-likeness (QED) is 0.573. The van der Waals surface area contributed by atoms with E-state index in [0.29, 0.717) is 6.54 Å². The van der Waals surface area contributed by atoms with Crippen molar-refractivity contribution in [2.75, 3.05) is 26.0 Å². The van der Waals surface area contributed by atoms with Crippen LogP contribution in [0.2, 0.25) is 0 Å². The third-order valence-corrected chi connectivity index (χ3v) is 4.70. The first-order valence-corrected chi connectivity index (χ1v) is 8.85. The zero-order valence-electron chi connectivity index (χ0n) is 14.0. The summed E-state index contributed by atoms with van der Waals surface area (Å²) in [6, 6.07) is 9.84. The fourth-order valence-corrected chi connectivity index (χ4v) is 3.31. The summed E-state index contributed by atoms with van der Waals surface area (Å²) in [6.45, 7) is 0.676. The van der Waals surface area contributed by atoms with Gasteiger partial charge in [-0.15, -0.1) is 15.3 Å². The molecule has 0 aliphatic rings. The summed E-state index contributed by atoms with van der Waals surface area (Å²) >= 11 is 1.63. The third kappa shape index (κ3) is 3.13. The van der Waals surface area contributed by atoms with E-state index < -0.39 is 0 Å². The maximum Gasteiger partial charge on any atom is 0.186 e. The summed E-state index contributed by atoms with van der Waals surface area (Å²) in [5, 5.41) is 20.5. The number of thiophene rings is 1. The molecule has 25 heavy (non-hydrogen) atoms. The predicted molar refractivity (Wildman–Crippen MR) is 97.7 cm³/mol. The van der Waals surface area contributed by atoms with Gasteiger partial charge in [0.1, 0.15) is 11.6 Å². The fourth-order valence-electron chi connectivity index (χ4n) is 2.67. The molecule has 0 bridgehead atoms. The molecule has 1 N–H and O–H groups in total. The Morgan fingerprint density at radius 2 is 2.16 bits per heavy atom. The Morgan fingerprint density at radius 3 is 2.88 bits per heavy atom. The van der Waals surface area contributed by atoms with Crippen molar-refractivity contribution < 1.29 is 4.42 Å². The highest BCUT2D eigenvalue weighted by Crippen LogP contribution is 2.22. The highest BCUT2D eigenvalue weighted by molar-refractivity contribution is 7.08. The highest BCUT2D eigenvalue weighted by Gasteiger charge is 2.17. The lowest BCUT2D eigenvalue weighted by Crippen LogP contribution is -2.26. The Bertz CT molecular complexity index is 945. The molecule has 4 aromatic rings. The second-order valence-corrected chi connectivity index (χ2v) is 6.68. The van der Waals surface area contributed by atoms with Crippen LogP contribution in [0.5, 0.6) is 0 Å². The molecule has 4 heterocycles. The lowest BCUT2D eigenvalue weighted by atomic mass is 10.2. The second-order valence-electron chi connectivity index (χ2n) is 5.90. The van der Waals surface area contributed by atoms with Crippen molar-refractivity contribution in [2.24, 2.45) is 0 Å². The average Bonchev–Trinajstić information content (AvgIpc) is 3.35. The van der Waals surface area contributed by atoms with E-state index in [9.17, 15) is 0 Å². The molecule has 1 atom stereocenters. The molecular formula is C17H18N6OS. The summed E-state index contributed by atoms with van der Waals surface area (Å²) in [5.41, 5.74) is 1.74. The average molecular weight is 354 g/mol. The van der Waals surface area contributed by atoms with Gasteiger partial charge in [0.15, 0.2) is 11.5 Å². The zero-order chi connectivity index (χ0) is 17.2. The Hall–Kier alpha value is -2.71. The standard InChI is InChI=1S/C17H18N6OS/c1-22(2)13(14-4-3-8-24-14)10-18-15-5-6-16-19-20-17(23(16)21-15)12-7-9-25-11-12/h3-9,11,13H,10H2,1-2H3,(H,18,21). The minimum Gasteiger partial charge on any atom is -0.468 e. The number of nitrogens with one attached hydrogen (secondary N) is 1. The smallest absolute Gasteiger partial charge is 0.186 e. The zero-order valence-corrected chi connectivity index (χ0v) is 14.8. The number of hydrogen-bond donors (Lipinski definition) is 1. The van der Waals surface area contributed by atoms with Crippen LogP contribution in [0.1, 0.15) is 11.8 Å². The molecule has 0 saturated heterocycles. The van der Waals surface area contributed by atoms with Crippen LogP contribution < -0.4 is 5.32 Å². The van der Waals surface area contributed by atoms with E-state index in [2.05, 4.69) is 25.5 Å². The normalized spacial score (nSPS) is 12.8. The first-order chi connectivity index (χ1) is 12.2. The van der Waals surface area contributed by atoms with Crippen molar-refractivity contribution in [3.05, 3.63) is 53.1 Å². The van der Waals surface area contributed by atoms with Crippen molar-refractivity contribution in [3.8, 4) is 11.4 Å². The lowest BCUT2D eigenvalue weighted by Gasteiger charge is -2.22. The van der Waals surface area contributed by atoms with E-state index >= 15 is 0 Å². The van der Waals surface area contributed by atoms with Gasteiger partial charge in [-0.05, 0) is 49.8 Å². The third-order valence-electron chi connectivity index (χ3n) is 4.01. The van der Waals surface area contributed by atoms with Crippen LogP contribution in [-0.4, -0.2) is 45.4 Å². The lowest BCUT2D eigenvalue weighted by molar-refractivity contribution is 0.269. The highest BCUT2D eigenvalue weighted by atomic mass is 32.1. The maximum atomic E-state index is 5.55. The van der Waals surface area contributed by atoms with Gasteiger partial charge in [0.2, 0.25) is 0 Å². The molecule has 0 aliphatic carbocycles. The van der Waals surface area contributed by atoms with E-state index in [1.54, 1.807) is 22.1 Å². The van der Waals surface area contributed by atoms with Gasteiger partial charge in [-0.3, -0.25) is 4.90 Å². The van der Waals surface area contributed by atoms with Gasteiger partial charge in [0.05, 0.1) is 12.3 Å². The minimum atomic E-state index is 0.116. The van der Waals surface area contributed by atoms with Crippen LogP contribution in [0.15, 0.2) is 51.8 Å². The van der Waals surface area contributed by atoms with Crippen LogP contribution in [0.4, 0.5) is 5.82 Å². The van der Waals surface area contributed by atoms with Crippen molar-refractivity contribution in [3.63, 3.8) is 0 Å². The molecule has 0 amide bonds. The summed E-state index contributed by atoms with van der Waals surface area (Å²) in [6.07, 6.45) is 1.69. The van der Waals surface area contributed by atoms with E-state index in [0.717, 1.165) is 28.6 Å². The number of likely N-dealkylation sites (N-methyl/N-ethyl adjacent to an activating group) is 1. The number of furan rings is 1. The van der Waals surface area contributed by atoms with E-state index in [-0.39, 0.29) is 6.04 Å². The van der Waals surface area contributed by atoms with Crippen LogP contribution in [0.3, 0.4) is 0 Å². The van der Waals surface area contributed by atoms with Gasteiger partial charge in [0.25, 0.3) is 0 Å². The molecule has 128 valence electrons. The molecule has 7 nitrogen and oxygen atoms in total. The second kappa shape index (κ2) is 6.66. The Labute approximate surface area is 148 Å². The molecule has 8 heteroatoms. The first kappa shape index (κ1) is 15.8. The minimum absolute atomic E-state index is 0.116. The Morgan fingerprint density at radius 1 is 1.24 bits per heavy atom. The molecule has 0 aromatic carbocycles. The predicted octanol–water partition coefficient (Wildman–Crippen LogP) is 3.16. The van der Waals surface area contributed by atoms with Crippen LogP contribution in [-0.2, 0) is 0 Å². The van der Waals surface area contributed by atoms with Crippen molar-refractivity contribution in [1.29, 1.82) is 0 Å². The van der Waals surface area contributed by atoms with Crippen LogP contribution in [0, 0.1) is 0 Å². The monoisotopic (exact) mass is 354 g/mol. The Kier molecular flexibility index (Phi) is 4.21. The van der Waals surface area contributed by atoms with Gasteiger partial charge in [0, 0.05) is 17.5 Å². The van der Waals surface area contributed by atoms with Crippen molar-refractivity contribution >= 4 is 22.8 Å². The number of anilines is 1. The summed E-state index contributed by atoms with van der Waals surface area (Å²) in [5.74, 6) is 2.43.